The summed E-state index contributed by atoms with van der Waals surface area (Å²) in [5.74, 6) is -0.407. The fraction of sp³-hybridized carbons (Fsp3) is 0.160. The van der Waals surface area contributed by atoms with Gasteiger partial charge >= 0.3 is 0 Å². The molecule has 0 aliphatic carbocycles. The van der Waals surface area contributed by atoms with E-state index in [9.17, 15) is 14.4 Å². The SMILES string of the molecule is NC(=O)C(N)=C1CCN(c2ccc(-n3ccncc3=O)cc2)C(=O)C1=Nc1ccc2c(c1)CCO2. The molecular weight excluding hydrogens is 448 g/mol. The summed E-state index contributed by atoms with van der Waals surface area (Å²) >= 11 is 0. The smallest absolute Gasteiger partial charge is 0.277 e. The largest absolute Gasteiger partial charge is 0.493 e. The van der Waals surface area contributed by atoms with Crippen molar-refractivity contribution in [2.45, 2.75) is 12.8 Å². The van der Waals surface area contributed by atoms with Crippen molar-refractivity contribution in [2.75, 3.05) is 18.1 Å². The summed E-state index contributed by atoms with van der Waals surface area (Å²) in [6.45, 7) is 0.886. The number of fused-ring (bicyclic) bond motifs is 1. The third kappa shape index (κ3) is 4.17. The number of carbonyl (C=O) groups excluding carboxylic acids is 2. The van der Waals surface area contributed by atoms with Crippen LogP contribution in [0.2, 0.25) is 0 Å². The molecule has 0 bridgehead atoms. The third-order valence-electron chi connectivity index (χ3n) is 5.99. The summed E-state index contributed by atoms with van der Waals surface area (Å²) in [5, 5.41) is 0. The molecule has 0 spiro atoms. The predicted molar refractivity (Wildman–Crippen MR) is 130 cm³/mol. The van der Waals surface area contributed by atoms with E-state index in [0.717, 1.165) is 17.7 Å². The Morgan fingerprint density at radius 2 is 1.80 bits per heavy atom. The van der Waals surface area contributed by atoms with Crippen molar-refractivity contribution in [3.8, 4) is 11.4 Å². The fourth-order valence-electron chi connectivity index (χ4n) is 4.20. The van der Waals surface area contributed by atoms with Gasteiger partial charge in [-0.25, -0.2) is 4.99 Å². The summed E-state index contributed by atoms with van der Waals surface area (Å²) in [6.07, 6.45) is 5.38. The number of amides is 2. The molecule has 0 unspecified atom stereocenters. The van der Waals surface area contributed by atoms with Crippen LogP contribution in [0.25, 0.3) is 5.69 Å². The molecule has 10 nitrogen and oxygen atoms in total. The van der Waals surface area contributed by atoms with Crippen LogP contribution in [0, 0.1) is 0 Å². The van der Waals surface area contributed by atoms with E-state index in [1.807, 2.05) is 12.1 Å². The van der Waals surface area contributed by atoms with E-state index in [0.29, 0.717) is 35.7 Å². The van der Waals surface area contributed by atoms with Gasteiger partial charge in [0, 0.05) is 42.3 Å². The Bertz CT molecular complexity index is 1460. The van der Waals surface area contributed by atoms with Gasteiger partial charge in [0.2, 0.25) is 0 Å². The number of nitrogens with two attached hydrogens (primary N) is 2. The average molecular weight is 470 g/mol. The van der Waals surface area contributed by atoms with E-state index in [1.165, 1.54) is 17.0 Å². The number of nitrogens with zero attached hydrogens (tertiary/aromatic N) is 4. The molecule has 2 amide bonds. The minimum absolute atomic E-state index is 0.0702. The summed E-state index contributed by atoms with van der Waals surface area (Å²) < 4.78 is 6.99. The van der Waals surface area contributed by atoms with Crippen LogP contribution >= 0.6 is 0 Å². The third-order valence-corrected chi connectivity index (χ3v) is 5.99. The average Bonchev–Trinajstić information content (AvgIpc) is 3.33. The normalized spacial score (nSPS) is 17.8. The van der Waals surface area contributed by atoms with Gasteiger partial charge in [-0.05, 0) is 54.4 Å². The van der Waals surface area contributed by atoms with Gasteiger partial charge in [0.05, 0.1) is 18.5 Å². The van der Waals surface area contributed by atoms with Gasteiger partial charge < -0.3 is 21.1 Å². The molecule has 3 heterocycles. The number of carbonyl (C=O) groups is 2. The highest BCUT2D eigenvalue weighted by molar-refractivity contribution is 6.51. The summed E-state index contributed by atoms with van der Waals surface area (Å²) in [5.41, 5.74) is 14.2. The van der Waals surface area contributed by atoms with Crippen LogP contribution in [0.3, 0.4) is 0 Å². The zero-order valence-corrected chi connectivity index (χ0v) is 18.7. The lowest BCUT2D eigenvalue weighted by atomic mass is 9.97. The van der Waals surface area contributed by atoms with E-state index < -0.39 is 11.8 Å². The Balaban J connectivity index is 1.51. The summed E-state index contributed by atoms with van der Waals surface area (Å²) in [6, 6.07) is 12.4. The van der Waals surface area contributed by atoms with Crippen molar-refractivity contribution in [2.24, 2.45) is 16.5 Å². The van der Waals surface area contributed by atoms with Crippen molar-refractivity contribution in [1.82, 2.24) is 9.55 Å². The van der Waals surface area contributed by atoms with Crippen LogP contribution in [0.1, 0.15) is 12.0 Å². The van der Waals surface area contributed by atoms with Crippen molar-refractivity contribution in [3.05, 3.63) is 88.2 Å². The number of anilines is 1. The van der Waals surface area contributed by atoms with Crippen LogP contribution in [0.5, 0.6) is 5.75 Å². The van der Waals surface area contributed by atoms with Gasteiger partial charge in [0.15, 0.2) is 0 Å². The molecule has 0 saturated carbocycles. The van der Waals surface area contributed by atoms with Gasteiger partial charge in [-0.2, -0.15) is 0 Å². The Labute approximate surface area is 200 Å². The summed E-state index contributed by atoms with van der Waals surface area (Å²) in [7, 11) is 0. The van der Waals surface area contributed by atoms with E-state index in [1.54, 1.807) is 41.4 Å². The number of primary amides is 1. The first kappa shape index (κ1) is 22.1. The molecule has 2 aliphatic rings. The molecule has 5 rings (SSSR count). The predicted octanol–water partition coefficient (Wildman–Crippen LogP) is 1.37. The fourth-order valence-corrected chi connectivity index (χ4v) is 4.20. The topological polar surface area (TPSA) is 146 Å². The zero-order valence-electron chi connectivity index (χ0n) is 18.7. The van der Waals surface area contributed by atoms with Crippen molar-refractivity contribution < 1.29 is 14.3 Å². The van der Waals surface area contributed by atoms with Crippen LogP contribution < -0.4 is 26.7 Å². The number of ether oxygens (including phenoxy) is 1. The minimum atomic E-state index is -0.802. The molecule has 10 heteroatoms. The highest BCUT2D eigenvalue weighted by Gasteiger charge is 2.32. The second-order valence-corrected chi connectivity index (χ2v) is 8.12. The molecule has 3 aromatic rings. The first-order chi connectivity index (χ1) is 16.9. The maximum atomic E-state index is 13.6. The van der Waals surface area contributed by atoms with Gasteiger partial charge in [0.25, 0.3) is 17.4 Å². The second-order valence-electron chi connectivity index (χ2n) is 8.12. The van der Waals surface area contributed by atoms with Crippen molar-refractivity contribution >= 4 is 28.9 Å². The maximum absolute atomic E-state index is 13.6. The number of aliphatic imine (C=N–C) groups is 1. The molecule has 1 aromatic heterocycles. The van der Waals surface area contributed by atoms with Gasteiger partial charge in [0.1, 0.15) is 17.2 Å². The minimum Gasteiger partial charge on any atom is -0.493 e. The van der Waals surface area contributed by atoms with Gasteiger partial charge in [-0.1, -0.05) is 0 Å². The molecule has 2 aromatic carbocycles. The van der Waals surface area contributed by atoms with Crippen LogP contribution in [-0.2, 0) is 16.0 Å². The Hall–Kier alpha value is -4.73. The molecule has 2 aliphatic heterocycles. The lowest BCUT2D eigenvalue weighted by Crippen LogP contribution is -2.44. The quantitative estimate of drug-likeness (QED) is 0.551. The molecule has 4 N–H and O–H groups in total. The lowest BCUT2D eigenvalue weighted by molar-refractivity contribution is -0.114. The Kier molecular flexibility index (Phi) is 5.61. The number of hydrogen-bond acceptors (Lipinski definition) is 7. The van der Waals surface area contributed by atoms with Gasteiger partial charge in [-0.3, -0.25) is 23.9 Å². The van der Waals surface area contributed by atoms with Crippen LogP contribution in [0.15, 0.2) is 82.1 Å². The molecule has 1 saturated heterocycles. The highest BCUT2D eigenvalue weighted by Crippen LogP contribution is 2.31. The monoisotopic (exact) mass is 470 g/mol. The summed E-state index contributed by atoms with van der Waals surface area (Å²) in [4.78, 5) is 47.4. The molecule has 176 valence electrons. The molecule has 1 fully saturated rings. The number of benzene rings is 2. The number of piperidine rings is 1. The number of rotatable bonds is 4. The number of hydrogen-bond donors (Lipinski definition) is 2. The van der Waals surface area contributed by atoms with E-state index in [4.69, 9.17) is 16.2 Å². The van der Waals surface area contributed by atoms with Crippen LogP contribution in [-0.4, -0.2) is 40.2 Å². The van der Waals surface area contributed by atoms with Crippen molar-refractivity contribution in [3.63, 3.8) is 0 Å². The van der Waals surface area contributed by atoms with Crippen LogP contribution in [0.4, 0.5) is 11.4 Å². The zero-order chi connectivity index (χ0) is 24.5. The van der Waals surface area contributed by atoms with Crippen molar-refractivity contribution in [1.29, 1.82) is 0 Å². The standard InChI is InChI=1S/C25H22N6O4/c26-22(24(27)33)19-7-10-31(18-4-2-17(3-5-18)30-11-9-28-14-21(30)32)25(34)23(19)29-16-1-6-20-15(13-16)8-12-35-20/h1-6,9,11,13-14H,7-8,10,12,26H2,(H2,27,33). The second kappa shape index (κ2) is 8.90. The molecular formula is C25H22N6O4. The molecule has 0 radical (unpaired) electrons. The maximum Gasteiger partial charge on any atom is 0.277 e. The lowest BCUT2D eigenvalue weighted by Gasteiger charge is -2.30. The number of aromatic nitrogens is 2. The first-order valence-corrected chi connectivity index (χ1v) is 11.0. The molecule has 0 atom stereocenters. The first-order valence-electron chi connectivity index (χ1n) is 11.0. The Morgan fingerprint density at radius 3 is 2.54 bits per heavy atom. The van der Waals surface area contributed by atoms with E-state index >= 15 is 0 Å². The molecule has 35 heavy (non-hydrogen) atoms. The highest BCUT2D eigenvalue weighted by atomic mass is 16.5. The van der Waals surface area contributed by atoms with E-state index in [-0.39, 0.29) is 23.5 Å². The Morgan fingerprint density at radius 1 is 1.03 bits per heavy atom. The van der Waals surface area contributed by atoms with Gasteiger partial charge in [-0.15, -0.1) is 0 Å². The van der Waals surface area contributed by atoms with E-state index in [2.05, 4.69) is 9.98 Å².